The van der Waals surface area contributed by atoms with Crippen LogP contribution in [-0.2, 0) is 0 Å². The van der Waals surface area contributed by atoms with Crippen LogP contribution in [0.2, 0.25) is 0 Å². The first-order valence-corrected chi connectivity index (χ1v) is 8.57. The fourth-order valence-corrected chi connectivity index (χ4v) is 2.41. The number of halogens is 3. The van der Waals surface area contributed by atoms with Gasteiger partial charge in [0, 0.05) is 25.0 Å². The predicted octanol–water partition coefficient (Wildman–Crippen LogP) is 4.32. The van der Waals surface area contributed by atoms with Gasteiger partial charge in [-0.2, -0.15) is 0 Å². The van der Waals surface area contributed by atoms with Crippen LogP contribution < -0.4 is 9.47 Å². The van der Waals surface area contributed by atoms with Gasteiger partial charge in [0.1, 0.15) is 17.8 Å². The first-order valence-electron chi connectivity index (χ1n) is 8.57. The maximum atomic E-state index is 12.5. The number of benzene rings is 1. The average molecular weight is 385 g/mol. The minimum atomic E-state index is -4.72. The monoisotopic (exact) mass is 385 g/mol. The van der Waals surface area contributed by atoms with Gasteiger partial charge in [-0.15, -0.1) is 13.2 Å². The molecule has 1 aromatic heterocycles. The fraction of sp³-hybridized carbons (Fsp3) is 0.444. The summed E-state index contributed by atoms with van der Waals surface area (Å²) in [6.07, 6.45) is 1.26. The number of amides is 1. The first-order chi connectivity index (χ1) is 12.8. The molecule has 9 heteroatoms. The van der Waals surface area contributed by atoms with Crippen molar-refractivity contribution in [1.29, 1.82) is 0 Å². The first kappa shape index (κ1) is 20.6. The van der Waals surface area contributed by atoms with Gasteiger partial charge in [-0.05, 0) is 44.0 Å². The van der Waals surface area contributed by atoms with Crippen molar-refractivity contribution in [2.45, 2.75) is 39.1 Å². The maximum absolute atomic E-state index is 12.5. The molecule has 0 aliphatic carbocycles. The number of ether oxygens (including phenoxy) is 2. The number of carbonyl (C=O) groups excluding carboxylic acids is 1. The molecule has 1 aromatic carbocycles. The standard InChI is InChI=1S/C18H22F3N3O3/c1-3-14(2)24(17(25)23-11-9-22-13-23)10-4-12-26-15-5-7-16(8-6-15)27-18(19,20)21/h5-9,11,13-14H,3-4,10,12H2,1-2H3. The smallest absolute Gasteiger partial charge is 0.494 e. The molecule has 0 spiro atoms. The lowest BCUT2D eigenvalue weighted by molar-refractivity contribution is -0.274. The zero-order chi connectivity index (χ0) is 19.9. The summed E-state index contributed by atoms with van der Waals surface area (Å²) in [7, 11) is 0. The Hall–Kier alpha value is -2.71. The van der Waals surface area contributed by atoms with E-state index in [2.05, 4.69) is 9.72 Å². The molecule has 6 nitrogen and oxygen atoms in total. The van der Waals surface area contributed by atoms with Crippen molar-refractivity contribution < 1.29 is 27.4 Å². The molecule has 1 heterocycles. The molecule has 0 aliphatic heterocycles. The summed E-state index contributed by atoms with van der Waals surface area (Å²) in [4.78, 5) is 18.2. The topological polar surface area (TPSA) is 56.6 Å². The molecular weight excluding hydrogens is 363 g/mol. The van der Waals surface area contributed by atoms with Crippen molar-refractivity contribution in [1.82, 2.24) is 14.5 Å². The summed E-state index contributed by atoms with van der Waals surface area (Å²) in [6, 6.07) is 5.09. The molecule has 148 valence electrons. The number of nitrogens with zero attached hydrogens (tertiary/aromatic N) is 3. The Bertz CT molecular complexity index is 703. The highest BCUT2D eigenvalue weighted by molar-refractivity contribution is 5.76. The predicted molar refractivity (Wildman–Crippen MR) is 92.7 cm³/mol. The Kier molecular flexibility index (Phi) is 7.09. The molecule has 0 N–H and O–H groups in total. The van der Waals surface area contributed by atoms with Crippen LogP contribution in [0, 0.1) is 0 Å². The second-order valence-electron chi connectivity index (χ2n) is 5.92. The summed E-state index contributed by atoms with van der Waals surface area (Å²) >= 11 is 0. The molecule has 1 atom stereocenters. The summed E-state index contributed by atoms with van der Waals surface area (Å²) in [6.45, 7) is 4.78. The van der Waals surface area contributed by atoms with Crippen molar-refractivity contribution in [3.05, 3.63) is 43.0 Å². The molecule has 2 aromatic rings. The largest absolute Gasteiger partial charge is 0.573 e. The number of hydrogen-bond acceptors (Lipinski definition) is 4. The van der Waals surface area contributed by atoms with Crippen LogP contribution in [0.25, 0.3) is 0 Å². The van der Waals surface area contributed by atoms with Gasteiger partial charge < -0.3 is 14.4 Å². The molecule has 0 saturated carbocycles. The van der Waals surface area contributed by atoms with Gasteiger partial charge in [0.15, 0.2) is 0 Å². The third-order valence-electron chi connectivity index (χ3n) is 3.96. The van der Waals surface area contributed by atoms with E-state index in [1.165, 1.54) is 35.2 Å². The molecule has 1 amide bonds. The van der Waals surface area contributed by atoms with E-state index in [1.54, 1.807) is 17.3 Å². The third-order valence-corrected chi connectivity index (χ3v) is 3.96. The Balaban J connectivity index is 1.83. The Morgan fingerprint density at radius 3 is 2.48 bits per heavy atom. The number of hydrogen-bond donors (Lipinski definition) is 0. The summed E-state index contributed by atoms with van der Waals surface area (Å²) in [5, 5.41) is 0. The summed E-state index contributed by atoms with van der Waals surface area (Å²) in [5.74, 6) is 0.129. The molecule has 0 bridgehead atoms. The molecule has 27 heavy (non-hydrogen) atoms. The summed E-state index contributed by atoms with van der Waals surface area (Å²) < 4.78 is 47.2. The number of carbonyl (C=O) groups is 1. The zero-order valence-corrected chi connectivity index (χ0v) is 15.1. The van der Waals surface area contributed by atoms with Crippen molar-refractivity contribution in [3.8, 4) is 11.5 Å². The second kappa shape index (κ2) is 9.29. The van der Waals surface area contributed by atoms with E-state index >= 15 is 0 Å². The van der Waals surface area contributed by atoms with Crippen molar-refractivity contribution in [2.75, 3.05) is 13.2 Å². The van der Waals surface area contributed by atoms with Crippen molar-refractivity contribution in [3.63, 3.8) is 0 Å². The Morgan fingerprint density at radius 1 is 1.26 bits per heavy atom. The molecular formula is C18H22F3N3O3. The normalized spacial score (nSPS) is 12.5. The van der Waals surface area contributed by atoms with Gasteiger partial charge in [-0.1, -0.05) is 6.92 Å². The molecule has 0 saturated heterocycles. The van der Waals surface area contributed by atoms with E-state index in [1.807, 2.05) is 13.8 Å². The lowest BCUT2D eigenvalue weighted by atomic mass is 10.2. The molecule has 1 unspecified atom stereocenters. The van der Waals surface area contributed by atoms with Crippen LogP contribution in [0.3, 0.4) is 0 Å². The van der Waals surface area contributed by atoms with Gasteiger partial charge in [0.25, 0.3) is 0 Å². The minimum Gasteiger partial charge on any atom is -0.494 e. The van der Waals surface area contributed by atoms with Crippen molar-refractivity contribution in [2.24, 2.45) is 0 Å². The number of imidazole rings is 1. The van der Waals surface area contributed by atoms with Crippen LogP contribution >= 0.6 is 0 Å². The van der Waals surface area contributed by atoms with Crippen LogP contribution in [0.15, 0.2) is 43.0 Å². The van der Waals surface area contributed by atoms with E-state index in [-0.39, 0.29) is 17.8 Å². The van der Waals surface area contributed by atoms with E-state index in [4.69, 9.17) is 4.74 Å². The van der Waals surface area contributed by atoms with Gasteiger partial charge in [0.05, 0.1) is 6.61 Å². The van der Waals surface area contributed by atoms with Crippen LogP contribution in [0.4, 0.5) is 18.0 Å². The average Bonchev–Trinajstić information content (AvgIpc) is 3.15. The highest BCUT2D eigenvalue weighted by atomic mass is 19.4. The highest BCUT2D eigenvalue weighted by Gasteiger charge is 2.31. The maximum Gasteiger partial charge on any atom is 0.573 e. The van der Waals surface area contributed by atoms with Gasteiger partial charge >= 0.3 is 12.4 Å². The van der Waals surface area contributed by atoms with E-state index in [0.29, 0.717) is 25.3 Å². The SMILES string of the molecule is CCC(C)N(CCCOc1ccc(OC(F)(F)F)cc1)C(=O)n1ccnc1. The van der Waals surface area contributed by atoms with Crippen LogP contribution in [-0.4, -0.2) is 46.0 Å². The summed E-state index contributed by atoms with van der Waals surface area (Å²) in [5.41, 5.74) is 0. The van der Waals surface area contributed by atoms with Crippen molar-refractivity contribution >= 4 is 6.03 Å². The Labute approximate surface area is 155 Å². The fourth-order valence-electron chi connectivity index (χ4n) is 2.41. The Morgan fingerprint density at radius 2 is 1.93 bits per heavy atom. The van der Waals surface area contributed by atoms with E-state index in [9.17, 15) is 18.0 Å². The number of aromatic nitrogens is 2. The minimum absolute atomic E-state index is 0.0544. The molecule has 0 fully saturated rings. The zero-order valence-electron chi connectivity index (χ0n) is 15.1. The van der Waals surface area contributed by atoms with Gasteiger partial charge in [0.2, 0.25) is 0 Å². The number of alkyl halides is 3. The molecule has 2 rings (SSSR count). The number of rotatable bonds is 8. The van der Waals surface area contributed by atoms with E-state index in [0.717, 1.165) is 6.42 Å². The molecule has 0 radical (unpaired) electrons. The lowest BCUT2D eigenvalue weighted by Gasteiger charge is -2.28. The molecule has 0 aliphatic rings. The second-order valence-corrected chi connectivity index (χ2v) is 5.92. The van der Waals surface area contributed by atoms with E-state index < -0.39 is 6.36 Å². The third kappa shape index (κ3) is 6.50. The van der Waals surface area contributed by atoms with Crippen LogP contribution in [0.1, 0.15) is 26.7 Å². The quantitative estimate of drug-likeness (QED) is 0.635. The van der Waals surface area contributed by atoms with Gasteiger partial charge in [-0.3, -0.25) is 4.57 Å². The highest BCUT2D eigenvalue weighted by Crippen LogP contribution is 2.24. The lowest BCUT2D eigenvalue weighted by Crippen LogP contribution is -2.41. The van der Waals surface area contributed by atoms with Crippen LogP contribution in [0.5, 0.6) is 11.5 Å². The van der Waals surface area contributed by atoms with Gasteiger partial charge in [-0.25, -0.2) is 9.78 Å².